The van der Waals surface area contributed by atoms with Gasteiger partial charge in [0.25, 0.3) is 5.56 Å². The number of rotatable bonds is 5. The standard InChI is InChI=1S/C26H27N3O4S2/c1-17(30)27-21-5-9-23(10-6-21)35(32,33)28-14-18-13-20(16-28)26-24(11-12-25(31)29(26)15-18)19-3-7-22(34-2)8-4-19/h3-12,18,20H,13-16H2,1-2H3,(H,27,30)/t18-,20-/m1/s1. The van der Waals surface area contributed by atoms with E-state index in [9.17, 15) is 18.0 Å². The van der Waals surface area contributed by atoms with E-state index < -0.39 is 10.0 Å². The van der Waals surface area contributed by atoms with Crippen molar-refractivity contribution < 1.29 is 13.2 Å². The number of anilines is 1. The molecule has 1 amide bonds. The largest absolute Gasteiger partial charge is 0.326 e. The number of sulfonamides is 1. The summed E-state index contributed by atoms with van der Waals surface area (Å²) in [5, 5.41) is 2.66. The van der Waals surface area contributed by atoms with E-state index in [1.165, 1.54) is 19.1 Å². The summed E-state index contributed by atoms with van der Waals surface area (Å²) in [5.41, 5.74) is 3.45. The molecule has 2 aromatic carbocycles. The zero-order chi connectivity index (χ0) is 24.7. The number of thioether (sulfide) groups is 1. The molecule has 0 radical (unpaired) electrons. The van der Waals surface area contributed by atoms with E-state index >= 15 is 0 Å². The SMILES string of the molecule is CSc1ccc(-c2ccc(=O)n3c2[C@@H]2C[C@H](CN(S(=O)(=O)c4ccc(NC(C)=O)cc4)C2)C3)cc1. The van der Waals surface area contributed by atoms with Gasteiger partial charge in [0.1, 0.15) is 0 Å². The number of pyridine rings is 1. The summed E-state index contributed by atoms with van der Waals surface area (Å²) in [6.07, 6.45) is 2.89. The third kappa shape index (κ3) is 4.55. The first-order valence-electron chi connectivity index (χ1n) is 11.5. The van der Waals surface area contributed by atoms with Crippen molar-refractivity contribution in [2.24, 2.45) is 5.92 Å². The van der Waals surface area contributed by atoms with Crippen LogP contribution < -0.4 is 10.9 Å². The molecule has 2 aliphatic rings. The predicted molar refractivity (Wildman–Crippen MR) is 138 cm³/mol. The summed E-state index contributed by atoms with van der Waals surface area (Å²) < 4.78 is 30.5. The van der Waals surface area contributed by atoms with Crippen molar-refractivity contribution in [3.63, 3.8) is 0 Å². The molecule has 9 heteroatoms. The molecule has 1 N–H and O–H groups in total. The Hall–Kier alpha value is -2.88. The van der Waals surface area contributed by atoms with E-state index in [1.807, 2.05) is 16.9 Å². The second kappa shape index (κ2) is 9.29. The van der Waals surface area contributed by atoms with Crippen LogP contribution in [0.5, 0.6) is 0 Å². The van der Waals surface area contributed by atoms with E-state index in [0.717, 1.165) is 28.1 Å². The molecule has 2 atom stereocenters. The van der Waals surface area contributed by atoms with Crippen LogP contribution in [0.1, 0.15) is 25.0 Å². The zero-order valence-electron chi connectivity index (χ0n) is 19.6. The van der Waals surface area contributed by atoms with E-state index in [1.54, 1.807) is 34.3 Å². The minimum Gasteiger partial charge on any atom is -0.326 e. The number of aromatic nitrogens is 1. The van der Waals surface area contributed by atoms with Gasteiger partial charge in [-0.1, -0.05) is 12.1 Å². The van der Waals surface area contributed by atoms with Gasteiger partial charge in [-0.25, -0.2) is 8.42 Å². The molecule has 3 heterocycles. The molecule has 3 aromatic rings. The summed E-state index contributed by atoms with van der Waals surface area (Å²) in [7, 11) is -3.72. The highest BCUT2D eigenvalue weighted by Crippen LogP contribution is 2.41. The van der Waals surface area contributed by atoms with Crippen molar-refractivity contribution in [3.8, 4) is 11.1 Å². The number of nitrogens with zero attached hydrogens (tertiary/aromatic N) is 2. The van der Waals surface area contributed by atoms with Crippen molar-refractivity contribution in [2.75, 3.05) is 24.7 Å². The number of amides is 1. The highest BCUT2D eigenvalue weighted by atomic mass is 32.2. The van der Waals surface area contributed by atoms with Gasteiger partial charge in [-0.15, -0.1) is 11.8 Å². The lowest BCUT2D eigenvalue weighted by molar-refractivity contribution is -0.114. The van der Waals surface area contributed by atoms with Crippen LogP contribution in [0.3, 0.4) is 0 Å². The van der Waals surface area contributed by atoms with E-state index in [0.29, 0.717) is 25.3 Å². The normalized spacial score (nSPS) is 19.7. The van der Waals surface area contributed by atoms with Crippen LogP contribution in [0.15, 0.2) is 75.2 Å². The Kier molecular flexibility index (Phi) is 6.33. The fraction of sp³-hybridized carbons (Fsp3) is 0.308. The van der Waals surface area contributed by atoms with E-state index in [-0.39, 0.29) is 28.2 Å². The zero-order valence-corrected chi connectivity index (χ0v) is 21.2. The quantitative estimate of drug-likeness (QED) is 0.525. The third-order valence-corrected chi connectivity index (χ3v) is 9.36. The van der Waals surface area contributed by atoms with Crippen molar-refractivity contribution in [2.45, 2.75) is 35.6 Å². The Balaban J connectivity index is 1.49. The van der Waals surface area contributed by atoms with Gasteiger partial charge in [-0.3, -0.25) is 9.59 Å². The molecule has 0 aliphatic carbocycles. The Morgan fingerprint density at radius 3 is 2.34 bits per heavy atom. The fourth-order valence-corrected chi connectivity index (χ4v) is 7.21. The van der Waals surface area contributed by atoms with Crippen molar-refractivity contribution in [1.82, 2.24) is 8.87 Å². The van der Waals surface area contributed by atoms with Crippen LogP contribution in [0, 0.1) is 5.92 Å². The molecule has 182 valence electrons. The summed E-state index contributed by atoms with van der Waals surface area (Å²) in [6, 6.07) is 18.0. The number of fused-ring (bicyclic) bond motifs is 4. The first-order valence-corrected chi connectivity index (χ1v) is 14.2. The molecule has 7 nitrogen and oxygen atoms in total. The van der Waals surface area contributed by atoms with E-state index in [4.69, 9.17) is 0 Å². The Bertz CT molecular complexity index is 1430. The lowest BCUT2D eigenvalue weighted by atomic mass is 9.81. The molecule has 1 fully saturated rings. The number of carbonyl (C=O) groups is 1. The number of hydrogen-bond acceptors (Lipinski definition) is 5. The van der Waals surface area contributed by atoms with Gasteiger partial charge in [0, 0.05) is 60.4 Å². The second-order valence-corrected chi connectivity index (χ2v) is 12.0. The average Bonchev–Trinajstić information content (AvgIpc) is 2.84. The molecular weight excluding hydrogens is 482 g/mol. The minimum atomic E-state index is -3.72. The highest BCUT2D eigenvalue weighted by Gasteiger charge is 2.40. The smallest absolute Gasteiger partial charge is 0.250 e. The van der Waals surface area contributed by atoms with Gasteiger partial charge in [-0.2, -0.15) is 4.31 Å². The lowest BCUT2D eigenvalue weighted by Crippen LogP contribution is -2.49. The van der Waals surface area contributed by atoms with Gasteiger partial charge < -0.3 is 9.88 Å². The maximum Gasteiger partial charge on any atom is 0.250 e. The number of carbonyl (C=O) groups excluding carboxylic acids is 1. The third-order valence-electron chi connectivity index (χ3n) is 6.77. The fourth-order valence-electron chi connectivity index (χ4n) is 5.24. The summed E-state index contributed by atoms with van der Waals surface area (Å²) >= 11 is 1.67. The van der Waals surface area contributed by atoms with Crippen molar-refractivity contribution in [3.05, 3.63) is 76.7 Å². The second-order valence-electron chi connectivity index (χ2n) is 9.14. The maximum absolute atomic E-state index is 13.5. The Morgan fingerprint density at radius 1 is 0.971 bits per heavy atom. The van der Waals surface area contributed by atoms with E-state index in [2.05, 4.69) is 29.6 Å². The van der Waals surface area contributed by atoms with Gasteiger partial charge >= 0.3 is 0 Å². The first kappa shape index (κ1) is 23.8. The van der Waals surface area contributed by atoms with Crippen LogP contribution in [0.2, 0.25) is 0 Å². The van der Waals surface area contributed by atoms with Gasteiger partial charge in [0.2, 0.25) is 15.9 Å². The monoisotopic (exact) mass is 509 g/mol. The highest BCUT2D eigenvalue weighted by molar-refractivity contribution is 7.98. The first-order chi connectivity index (χ1) is 16.8. The molecule has 2 bridgehead atoms. The number of nitrogens with one attached hydrogen (secondary N) is 1. The summed E-state index contributed by atoms with van der Waals surface area (Å²) in [6.45, 7) is 2.62. The van der Waals surface area contributed by atoms with Gasteiger partial charge in [-0.05, 0) is 66.6 Å². The Morgan fingerprint density at radius 2 is 1.69 bits per heavy atom. The number of hydrogen-bond donors (Lipinski definition) is 1. The topological polar surface area (TPSA) is 88.5 Å². The number of benzene rings is 2. The van der Waals surface area contributed by atoms with Crippen LogP contribution in [0.4, 0.5) is 5.69 Å². The van der Waals surface area contributed by atoms with Crippen molar-refractivity contribution in [1.29, 1.82) is 0 Å². The molecule has 2 aliphatic heterocycles. The molecule has 1 saturated heterocycles. The van der Waals surface area contributed by atoms with Gasteiger partial charge in [0.05, 0.1) is 4.90 Å². The lowest BCUT2D eigenvalue weighted by Gasteiger charge is -2.42. The van der Waals surface area contributed by atoms with Gasteiger partial charge in [0.15, 0.2) is 0 Å². The molecule has 0 saturated carbocycles. The molecule has 35 heavy (non-hydrogen) atoms. The minimum absolute atomic E-state index is 0.0379. The molecule has 0 unspecified atom stereocenters. The van der Waals surface area contributed by atoms with Crippen LogP contribution in [-0.4, -0.2) is 42.5 Å². The summed E-state index contributed by atoms with van der Waals surface area (Å²) in [4.78, 5) is 25.4. The molecule has 1 aromatic heterocycles. The van der Waals surface area contributed by atoms with Crippen LogP contribution >= 0.6 is 11.8 Å². The average molecular weight is 510 g/mol. The molecule has 0 spiro atoms. The maximum atomic E-state index is 13.5. The van der Waals surface area contributed by atoms with Crippen molar-refractivity contribution >= 4 is 33.4 Å². The molecule has 5 rings (SSSR count). The predicted octanol–water partition coefficient (Wildman–Crippen LogP) is 4.00. The van der Waals surface area contributed by atoms with Crippen LogP contribution in [0.25, 0.3) is 11.1 Å². The van der Waals surface area contributed by atoms with Crippen LogP contribution in [-0.2, 0) is 21.4 Å². The summed E-state index contributed by atoms with van der Waals surface area (Å²) in [5.74, 6) is -0.209. The number of piperidine rings is 1. The Labute approximate surface area is 209 Å². The molecular formula is C26H27N3O4S2.